The van der Waals surface area contributed by atoms with Crippen molar-refractivity contribution in [2.75, 3.05) is 6.61 Å². The predicted octanol–water partition coefficient (Wildman–Crippen LogP) is 3.12. The molecule has 25 heavy (non-hydrogen) atoms. The number of amides is 1. The number of carbonyl (C=O) groups excluding carboxylic acids is 3. The molecule has 0 unspecified atom stereocenters. The Hall–Kier alpha value is -1.21. The Bertz CT molecular complexity index is 447. The summed E-state index contributed by atoms with van der Waals surface area (Å²) in [5.74, 6) is -1.01. The molecule has 7 heteroatoms. The molecule has 0 aliphatic carbocycles. The second kappa shape index (κ2) is 11.4. The van der Waals surface area contributed by atoms with Crippen LogP contribution in [0.2, 0.25) is 25.7 Å². The van der Waals surface area contributed by atoms with Crippen molar-refractivity contribution in [1.82, 2.24) is 5.32 Å². The second-order valence-corrected chi connectivity index (χ2v) is 13.9. The number of ketones is 2. The molecule has 0 radical (unpaired) electrons. The molecule has 0 aromatic heterocycles. The van der Waals surface area contributed by atoms with Crippen LogP contribution in [0, 0.1) is 5.92 Å². The maximum absolute atomic E-state index is 12.4. The van der Waals surface area contributed by atoms with Gasteiger partial charge in [0.15, 0.2) is 0 Å². The van der Waals surface area contributed by atoms with Crippen LogP contribution in [0.1, 0.15) is 46.5 Å². The minimum atomic E-state index is -1.30. The Morgan fingerprint density at radius 2 is 1.72 bits per heavy atom. The van der Waals surface area contributed by atoms with Gasteiger partial charge in [0.05, 0.1) is 18.7 Å². The molecule has 0 heterocycles. The first-order valence-electron chi connectivity index (χ1n) is 9.24. The highest BCUT2D eigenvalue weighted by molar-refractivity contribution is 6.76. The Morgan fingerprint density at radius 1 is 1.12 bits per heavy atom. The minimum absolute atomic E-state index is 0.223. The summed E-state index contributed by atoms with van der Waals surface area (Å²) in [6.07, 6.45) is 1.82. The minimum Gasteiger partial charge on any atom is -0.450 e. The third-order valence-corrected chi connectivity index (χ3v) is 5.55. The van der Waals surface area contributed by atoms with Crippen LogP contribution in [0.5, 0.6) is 0 Å². The normalized spacial score (nSPS) is 14.1. The number of nitrogens with two attached hydrogens (primary N) is 1. The van der Waals surface area contributed by atoms with Gasteiger partial charge in [-0.05, 0) is 24.8 Å². The van der Waals surface area contributed by atoms with Gasteiger partial charge in [-0.3, -0.25) is 9.59 Å². The number of hydrogen-bond acceptors (Lipinski definition) is 5. The molecule has 0 aliphatic heterocycles. The lowest BCUT2D eigenvalue weighted by Crippen LogP contribution is -2.49. The van der Waals surface area contributed by atoms with E-state index in [1.807, 2.05) is 20.8 Å². The topological polar surface area (TPSA) is 98.5 Å². The van der Waals surface area contributed by atoms with E-state index in [-0.39, 0.29) is 5.92 Å². The van der Waals surface area contributed by atoms with E-state index in [1.54, 1.807) is 0 Å². The van der Waals surface area contributed by atoms with E-state index in [0.29, 0.717) is 19.4 Å². The maximum Gasteiger partial charge on any atom is 0.407 e. The Morgan fingerprint density at radius 3 is 2.20 bits per heavy atom. The van der Waals surface area contributed by atoms with Gasteiger partial charge in [-0.25, -0.2) is 4.79 Å². The van der Waals surface area contributed by atoms with E-state index in [1.165, 1.54) is 0 Å². The molecule has 1 amide bonds. The molecule has 0 rings (SSSR count). The first-order valence-corrected chi connectivity index (χ1v) is 13.0. The molecule has 146 valence electrons. The van der Waals surface area contributed by atoms with Crippen molar-refractivity contribution in [2.45, 2.75) is 84.2 Å². The molecule has 6 nitrogen and oxygen atoms in total. The zero-order valence-corrected chi connectivity index (χ0v) is 17.7. The second-order valence-electron chi connectivity index (χ2n) is 8.25. The summed E-state index contributed by atoms with van der Waals surface area (Å²) in [7, 11) is -1.30. The summed E-state index contributed by atoms with van der Waals surface area (Å²) in [5, 5.41) is 2.56. The largest absolute Gasteiger partial charge is 0.450 e. The lowest BCUT2D eigenvalue weighted by molar-refractivity contribution is -0.138. The van der Waals surface area contributed by atoms with Gasteiger partial charge < -0.3 is 15.8 Å². The molecule has 2 atom stereocenters. The van der Waals surface area contributed by atoms with Crippen molar-refractivity contribution < 1.29 is 19.1 Å². The average molecular weight is 373 g/mol. The van der Waals surface area contributed by atoms with Crippen molar-refractivity contribution in [1.29, 1.82) is 0 Å². The summed E-state index contributed by atoms with van der Waals surface area (Å²) in [5.41, 5.74) is 5.83. The van der Waals surface area contributed by atoms with Crippen LogP contribution in [0.15, 0.2) is 0 Å². The molecule has 0 aromatic rings. The van der Waals surface area contributed by atoms with E-state index in [0.717, 1.165) is 18.9 Å². The number of alkyl carbamates (subject to hydrolysis) is 1. The van der Waals surface area contributed by atoms with Crippen molar-refractivity contribution in [3.63, 3.8) is 0 Å². The molecule has 0 saturated carbocycles. The number of carbonyl (C=O) groups is 3. The molecule has 0 aromatic carbocycles. The van der Waals surface area contributed by atoms with E-state index >= 15 is 0 Å². The predicted molar refractivity (Wildman–Crippen MR) is 103 cm³/mol. The highest BCUT2D eigenvalue weighted by Crippen LogP contribution is 2.10. The summed E-state index contributed by atoms with van der Waals surface area (Å²) in [4.78, 5) is 36.7. The Kier molecular flexibility index (Phi) is 10.9. The van der Waals surface area contributed by atoms with Crippen LogP contribution < -0.4 is 11.1 Å². The van der Waals surface area contributed by atoms with Crippen molar-refractivity contribution in [2.24, 2.45) is 11.7 Å². The molecular formula is C18H36N2O4Si. The van der Waals surface area contributed by atoms with Crippen molar-refractivity contribution in [3.05, 3.63) is 0 Å². The number of rotatable bonds is 12. The van der Waals surface area contributed by atoms with Crippen LogP contribution in [0.4, 0.5) is 4.79 Å². The van der Waals surface area contributed by atoms with E-state index in [4.69, 9.17) is 10.5 Å². The van der Waals surface area contributed by atoms with Gasteiger partial charge in [-0.1, -0.05) is 53.3 Å². The highest BCUT2D eigenvalue weighted by atomic mass is 28.3. The molecule has 0 bridgehead atoms. The van der Waals surface area contributed by atoms with Crippen molar-refractivity contribution in [3.8, 4) is 0 Å². The summed E-state index contributed by atoms with van der Waals surface area (Å²) in [6.45, 7) is 12.8. The summed E-state index contributed by atoms with van der Waals surface area (Å²) in [6, 6.07) is -0.821. The summed E-state index contributed by atoms with van der Waals surface area (Å²) < 4.78 is 5.17. The molecule has 0 aliphatic rings. The third-order valence-electron chi connectivity index (χ3n) is 3.85. The van der Waals surface area contributed by atoms with Gasteiger partial charge in [0.25, 0.3) is 0 Å². The number of ether oxygens (including phenoxy) is 1. The van der Waals surface area contributed by atoms with Gasteiger partial charge in [-0.15, -0.1) is 0 Å². The monoisotopic (exact) mass is 372 g/mol. The van der Waals surface area contributed by atoms with Gasteiger partial charge in [0.2, 0.25) is 11.6 Å². The fourth-order valence-corrected chi connectivity index (χ4v) is 2.99. The Labute approximate surface area is 153 Å². The van der Waals surface area contributed by atoms with E-state index in [2.05, 4.69) is 25.0 Å². The quantitative estimate of drug-likeness (QED) is 0.405. The molecular weight excluding hydrogens is 336 g/mol. The number of hydrogen-bond donors (Lipinski definition) is 2. The lowest BCUT2D eigenvalue weighted by Gasteiger charge is -2.20. The van der Waals surface area contributed by atoms with Crippen LogP contribution in [-0.4, -0.2) is 44.4 Å². The smallest absolute Gasteiger partial charge is 0.407 e. The maximum atomic E-state index is 12.4. The SMILES string of the molecule is CCCC[C@H](NC(=O)OCC[Si](C)(C)C)C(=O)C(=O)[C@@H](N)CC(C)C. The fraction of sp³-hybridized carbons (Fsp3) is 0.833. The van der Waals surface area contributed by atoms with E-state index in [9.17, 15) is 14.4 Å². The lowest BCUT2D eigenvalue weighted by atomic mass is 9.94. The van der Waals surface area contributed by atoms with Crippen LogP contribution in [-0.2, 0) is 14.3 Å². The Balaban J connectivity index is 4.73. The van der Waals surface area contributed by atoms with Gasteiger partial charge in [0, 0.05) is 8.07 Å². The van der Waals surface area contributed by atoms with Crippen molar-refractivity contribution >= 4 is 25.7 Å². The zero-order chi connectivity index (χ0) is 19.6. The van der Waals surface area contributed by atoms with Crippen LogP contribution in [0.3, 0.4) is 0 Å². The number of nitrogens with one attached hydrogen (secondary N) is 1. The highest BCUT2D eigenvalue weighted by Gasteiger charge is 2.30. The summed E-state index contributed by atoms with van der Waals surface area (Å²) >= 11 is 0. The van der Waals surface area contributed by atoms with Crippen LogP contribution >= 0.6 is 0 Å². The van der Waals surface area contributed by atoms with Gasteiger partial charge in [-0.2, -0.15) is 0 Å². The van der Waals surface area contributed by atoms with Crippen LogP contribution in [0.25, 0.3) is 0 Å². The zero-order valence-electron chi connectivity index (χ0n) is 16.7. The first kappa shape index (κ1) is 23.8. The molecule has 0 fully saturated rings. The first-order chi connectivity index (χ1) is 11.5. The van der Waals surface area contributed by atoms with E-state index < -0.39 is 37.8 Å². The van der Waals surface area contributed by atoms with Gasteiger partial charge >= 0.3 is 6.09 Å². The standard InChI is InChI=1S/C18H36N2O4Si/c1-7-8-9-15(17(22)16(21)14(19)12-13(2)3)20-18(23)24-10-11-25(4,5)6/h13-15H,7-12,19H2,1-6H3,(H,20,23)/t14-,15-/m0/s1. The third kappa shape index (κ3) is 11.1. The van der Waals surface area contributed by atoms with Gasteiger partial charge in [0.1, 0.15) is 0 Å². The number of unbranched alkanes of at least 4 members (excludes halogenated alkanes) is 1. The average Bonchev–Trinajstić information content (AvgIpc) is 2.47. The molecule has 0 saturated heterocycles. The number of Topliss-reactive ketones (excluding diaryl/α,β-unsaturated/α-hetero) is 2. The molecule has 3 N–H and O–H groups in total. The fourth-order valence-electron chi connectivity index (χ4n) is 2.28. The molecule has 0 spiro atoms.